The molecular formula is C13H15ClN4O2S. The Balaban J connectivity index is 2.05. The van der Waals surface area contributed by atoms with E-state index in [0.29, 0.717) is 17.1 Å². The van der Waals surface area contributed by atoms with Crippen molar-refractivity contribution in [2.45, 2.75) is 19.9 Å². The van der Waals surface area contributed by atoms with E-state index in [9.17, 15) is 9.59 Å². The molecule has 0 radical (unpaired) electrons. The number of H-pyrrole nitrogens is 1. The number of aromatic nitrogens is 2. The molecule has 0 atom stereocenters. The first-order chi connectivity index (χ1) is 10.1. The van der Waals surface area contributed by atoms with E-state index in [1.807, 2.05) is 6.92 Å². The zero-order valence-electron chi connectivity index (χ0n) is 11.4. The van der Waals surface area contributed by atoms with Crippen LogP contribution in [0.2, 0.25) is 5.02 Å². The number of hydrogen-bond acceptors (Lipinski definition) is 5. The first-order valence-corrected chi connectivity index (χ1v) is 7.70. The molecule has 0 fully saturated rings. The summed E-state index contributed by atoms with van der Waals surface area (Å²) in [6.45, 7) is 3.05. The number of carbonyl (C=O) groups is 1. The average Bonchev–Trinajstić information content (AvgIpc) is 2.89. The number of amides is 1. The fourth-order valence-electron chi connectivity index (χ4n) is 1.63. The molecule has 2 aromatic rings. The van der Waals surface area contributed by atoms with Crippen LogP contribution in [-0.4, -0.2) is 22.4 Å². The minimum Gasteiger partial charge on any atom is -0.370 e. The Labute approximate surface area is 130 Å². The molecule has 3 N–H and O–H groups in total. The molecule has 8 heteroatoms. The number of hydrogen-bond donors (Lipinski definition) is 3. The van der Waals surface area contributed by atoms with Crippen LogP contribution in [-0.2, 0) is 6.54 Å². The lowest BCUT2D eigenvalue weighted by Gasteiger charge is -2.08. The van der Waals surface area contributed by atoms with E-state index in [0.717, 1.165) is 24.3 Å². The lowest BCUT2D eigenvalue weighted by molar-refractivity contribution is 0.0950. The highest BCUT2D eigenvalue weighted by atomic mass is 35.5. The number of thiazole rings is 1. The van der Waals surface area contributed by atoms with Crippen LogP contribution in [0.4, 0.5) is 5.82 Å². The van der Waals surface area contributed by atoms with Crippen LogP contribution in [0.5, 0.6) is 0 Å². The van der Waals surface area contributed by atoms with E-state index in [1.165, 1.54) is 6.20 Å². The Morgan fingerprint density at radius 3 is 3.00 bits per heavy atom. The minimum atomic E-state index is -0.311. The molecule has 0 unspecified atom stereocenters. The second-order valence-corrected chi connectivity index (χ2v) is 5.58. The monoisotopic (exact) mass is 326 g/mol. The highest BCUT2D eigenvalue weighted by Gasteiger charge is 2.12. The quantitative estimate of drug-likeness (QED) is 0.759. The van der Waals surface area contributed by atoms with Crippen molar-refractivity contribution in [3.8, 4) is 0 Å². The highest BCUT2D eigenvalue weighted by Crippen LogP contribution is 2.18. The van der Waals surface area contributed by atoms with Gasteiger partial charge in [-0.15, -0.1) is 0 Å². The summed E-state index contributed by atoms with van der Waals surface area (Å²) in [5.41, 5.74) is 1.01. The largest absolute Gasteiger partial charge is 0.370 e. The average molecular weight is 327 g/mol. The van der Waals surface area contributed by atoms with Crippen molar-refractivity contribution >= 4 is 34.7 Å². The molecule has 0 aliphatic heterocycles. The fourth-order valence-corrected chi connectivity index (χ4v) is 2.40. The first kappa shape index (κ1) is 15.5. The van der Waals surface area contributed by atoms with Gasteiger partial charge in [-0.25, -0.2) is 4.98 Å². The number of aromatic amines is 1. The maximum atomic E-state index is 12.1. The van der Waals surface area contributed by atoms with E-state index in [-0.39, 0.29) is 22.3 Å². The van der Waals surface area contributed by atoms with Gasteiger partial charge in [-0.1, -0.05) is 29.9 Å². The van der Waals surface area contributed by atoms with Crippen LogP contribution < -0.4 is 15.5 Å². The van der Waals surface area contributed by atoms with Crippen molar-refractivity contribution in [1.82, 2.24) is 15.3 Å². The molecule has 0 aliphatic carbocycles. The standard InChI is InChI=1S/C13H15ClN4O2S/c1-2-3-15-11-4-9(10(14)6-16-11)12(19)17-5-8-7-21-13(20)18-8/h4,6-7H,2-3,5H2,1H3,(H,15,16)(H,17,19)(H,18,20). The van der Waals surface area contributed by atoms with E-state index >= 15 is 0 Å². The molecular weight excluding hydrogens is 312 g/mol. The number of pyridine rings is 1. The van der Waals surface area contributed by atoms with Crippen molar-refractivity contribution in [2.24, 2.45) is 0 Å². The molecule has 1 amide bonds. The Kier molecular flexibility index (Phi) is 5.35. The van der Waals surface area contributed by atoms with Gasteiger partial charge in [0.1, 0.15) is 5.82 Å². The minimum absolute atomic E-state index is 0.146. The normalized spacial score (nSPS) is 10.4. The summed E-state index contributed by atoms with van der Waals surface area (Å²) >= 11 is 7.06. The van der Waals surface area contributed by atoms with E-state index in [2.05, 4.69) is 20.6 Å². The van der Waals surface area contributed by atoms with Gasteiger partial charge in [-0.3, -0.25) is 9.59 Å². The Morgan fingerprint density at radius 2 is 2.33 bits per heavy atom. The Morgan fingerprint density at radius 1 is 1.52 bits per heavy atom. The van der Waals surface area contributed by atoms with Crippen LogP contribution in [0.1, 0.15) is 29.4 Å². The predicted molar refractivity (Wildman–Crippen MR) is 84.1 cm³/mol. The van der Waals surface area contributed by atoms with Gasteiger partial charge in [0.15, 0.2) is 0 Å². The Hall–Kier alpha value is -1.86. The summed E-state index contributed by atoms with van der Waals surface area (Å²) in [6.07, 6.45) is 2.40. The van der Waals surface area contributed by atoms with Crippen LogP contribution in [0.15, 0.2) is 22.4 Å². The van der Waals surface area contributed by atoms with Gasteiger partial charge in [0.25, 0.3) is 5.91 Å². The molecule has 2 rings (SSSR count). The SMILES string of the molecule is CCCNc1cc(C(=O)NCc2csc(=O)[nH]2)c(Cl)cn1. The van der Waals surface area contributed by atoms with Crippen molar-refractivity contribution in [1.29, 1.82) is 0 Å². The summed E-state index contributed by atoms with van der Waals surface area (Å²) in [5, 5.41) is 7.77. The van der Waals surface area contributed by atoms with Gasteiger partial charge in [0, 0.05) is 23.8 Å². The lowest BCUT2D eigenvalue weighted by Crippen LogP contribution is -2.24. The van der Waals surface area contributed by atoms with Gasteiger partial charge in [0.05, 0.1) is 17.1 Å². The lowest BCUT2D eigenvalue weighted by atomic mass is 10.2. The van der Waals surface area contributed by atoms with Crippen molar-refractivity contribution < 1.29 is 4.79 Å². The second-order valence-electron chi connectivity index (χ2n) is 4.33. The molecule has 112 valence electrons. The topological polar surface area (TPSA) is 86.9 Å². The number of rotatable bonds is 6. The van der Waals surface area contributed by atoms with Gasteiger partial charge < -0.3 is 15.6 Å². The molecule has 2 heterocycles. The third kappa shape index (κ3) is 4.30. The summed E-state index contributed by atoms with van der Waals surface area (Å²) < 4.78 is 0. The van der Waals surface area contributed by atoms with Crippen LogP contribution in [0, 0.1) is 0 Å². The van der Waals surface area contributed by atoms with Gasteiger partial charge in [-0.2, -0.15) is 0 Å². The number of halogens is 1. The maximum Gasteiger partial charge on any atom is 0.304 e. The van der Waals surface area contributed by atoms with Gasteiger partial charge >= 0.3 is 4.87 Å². The van der Waals surface area contributed by atoms with Gasteiger partial charge in [-0.05, 0) is 12.5 Å². The first-order valence-electron chi connectivity index (χ1n) is 6.44. The predicted octanol–water partition coefficient (Wildman–Crippen LogP) is 2.24. The Bertz CT molecular complexity index is 683. The summed E-state index contributed by atoms with van der Waals surface area (Å²) in [6, 6.07) is 1.61. The molecule has 2 aromatic heterocycles. The molecule has 21 heavy (non-hydrogen) atoms. The molecule has 0 aromatic carbocycles. The third-order valence-electron chi connectivity index (χ3n) is 2.67. The van der Waals surface area contributed by atoms with Gasteiger partial charge in [0.2, 0.25) is 0 Å². The molecule has 0 bridgehead atoms. The van der Waals surface area contributed by atoms with E-state index < -0.39 is 0 Å². The highest BCUT2D eigenvalue weighted by molar-refractivity contribution is 7.07. The number of carbonyl (C=O) groups excluding carboxylic acids is 1. The summed E-state index contributed by atoms with van der Waals surface area (Å²) in [4.78, 5) is 29.7. The van der Waals surface area contributed by atoms with Crippen molar-refractivity contribution in [3.63, 3.8) is 0 Å². The van der Waals surface area contributed by atoms with Crippen molar-refractivity contribution in [3.05, 3.63) is 43.6 Å². The smallest absolute Gasteiger partial charge is 0.304 e. The summed E-state index contributed by atoms with van der Waals surface area (Å²) in [5.74, 6) is 0.296. The molecule has 0 saturated heterocycles. The van der Waals surface area contributed by atoms with E-state index in [1.54, 1.807) is 11.4 Å². The summed E-state index contributed by atoms with van der Waals surface area (Å²) in [7, 11) is 0. The maximum absolute atomic E-state index is 12.1. The van der Waals surface area contributed by atoms with Crippen molar-refractivity contribution in [2.75, 3.05) is 11.9 Å². The number of anilines is 1. The number of nitrogens with zero attached hydrogens (tertiary/aromatic N) is 1. The third-order valence-corrected chi connectivity index (χ3v) is 3.69. The van der Waals surface area contributed by atoms with Crippen LogP contribution in [0.25, 0.3) is 0 Å². The van der Waals surface area contributed by atoms with E-state index in [4.69, 9.17) is 11.6 Å². The molecule has 6 nitrogen and oxygen atoms in total. The molecule has 0 saturated carbocycles. The fraction of sp³-hybridized carbons (Fsp3) is 0.308. The zero-order valence-corrected chi connectivity index (χ0v) is 13.0. The molecule has 0 spiro atoms. The van der Waals surface area contributed by atoms with Crippen LogP contribution in [0.3, 0.4) is 0 Å². The zero-order chi connectivity index (χ0) is 15.2. The number of nitrogens with one attached hydrogen (secondary N) is 3. The molecule has 0 aliphatic rings. The van der Waals surface area contributed by atoms with Crippen LogP contribution >= 0.6 is 22.9 Å². The second kappa shape index (κ2) is 7.24.